The first-order valence-electron chi connectivity index (χ1n) is 6.20. The lowest BCUT2D eigenvalue weighted by atomic mass is 10.1. The monoisotopic (exact) mass is 298 g/mol. The molecule has 0 saturated heterocycles. The number of sulfone groups is 1. The number of ether oxygens (including phenoxy) is 1. The number of hydrogen-bond acceptors (Lipinski definition) is 3. The van der Waals surface area contributed by atoms with Gasteiger partial charge in [-0.3, -0.25) is 0 Å². The number of terminal acetylenes is 1. The number of allylic oxidation sites excluding steroid dienone is 1. The molecule has 0 unspecified atom stereocenters. The van der Waals surface area contributed by atoms with Crippen LogP contribution in [0, 0.1) is 12.3 Å². The van der Waals surface area contributed by atoms with Crippen LogP contribution >= 0.6 is 0 Å². The number of para-hydroxylation sites is 1. The zero-order chi connectivity index (χ0) is 15.3. The summed E-state index contributed by atoms with van der Waals surface area (Å²) in [6, 6.07) is 15.2. The maximum Gasteiger partial charge on any atom is 0.201 e. The quantitative estimate of drug-likeness (QED) is 0.814. The molecule has 0 atom stereocenters. The molecule has 2 aromatic carbocycles. The van der Waals surface area contributed by atoms with Crippen molar-refractivity contribution in [2.45, 2.75) is 4.90 Å². The van der Waals surface area contributed by atoms with Gasteiger partial charge in [-0.15, -0.1) is 6.42 Å². The van der Waals surface area contributed by atoms with E-state index in [2.05, 4.69) is 5.92 Å². The molecule has 0 fully saturated rings. The summed E-state index contributed by atoms with van der Waals surface area (Å²) in [6.45, 7) is 0. The molecule has 2 aromatic rings. The van der Waals surface area contributed by atoms with Crippen molar-refractivity contribution < 1.29 is 13.2 Å². The Balaban J connectivity index is 2.54. The third kappa shape index (κ3) is 3.33. The predicted octanol–water partition coefficient (Wildman–Crippen LogP) is 3.14. The van der Waals surface area contributed by atoms with E-state index in [0.717, 1.165) is 5.41 Å². The Morgan fingerprint density at radius 3 is 2.33 bits per heavy atom. The fourth-order valence-corrected chi connectivity index (χ4v) is 3.05. The Bertz CT molecular complexity index is 797. The minimum atomic E-state index is -3.60. The van der Waals surface area contributed by atoms with Gasteiger partial charge in [-0.05, 0) is 24.3 Å². The first-order valence-corrected chi connectivity index (χ1v) is 7.75. The van der Waals surface area contributed by atoms with Crippen LogP contribution < -0.4 is 4.74 Å². The first kappa shape index (κ1) is 14.9. The second-order valence-corrected chi connectivity index (χ2v) is 6.03. The molecule has 4 heteroatoms. The second-order valence-electron chi connectivity index (χ2n) is 4.23. The maximum absolute atomic E-state index is 12.4. The summed E-state index contributed by atoms with van der Waals surface area (Å²) in [5, 5.41) is 1.10. The average molecular weight is 298 g/mol. The van der Waals surface area contributed by atoms with E-state index in [4.69, 9.17) is 11.2 Å². The van der Waals surface area contributed by atoms with Gasteiger partial charge in [-0.25, -0.2) is 8.42 Å². The molecule has 0 bridgehead atoms. The third-order valence-electron chi connectivity index (χ3n) is 2.90. The summed E-state index contributed by atoms with van der Waals surface area (Å²) in [5.41, 5.74) is 0.832. The first-order chi connectivity index (χ1) is 10.1. The lowest BCUT2D eigenvalue weighted by Gasteiger charge is -2.08. The van der Waals surface area contributed by atoms with Crippen LogP contribution in [0.4, 0.5) is 0 Å². The smallest absolute Gasteiger partial charge is 0.201 e. The predicted molar refractivity (Wildman–Crippen MR) is 83.4 cm³/mol. The van der Waals surface area contributed by atoms with Crippen molar-refractivity contribution in [1.29, 1.82) is 0 Å². The number of rotatable bonds is 4. The Kier molecular flexibility index (Phi) is 4.46. The Morgan fingerprint density at radius 2 is 1.71 bits per heavy atom. The highest BCUT2D eigenvalue weighted by atomic mass is 32.2. The number of benzene rings is 2. The van der Waals surface area contributed by atoms with Gasteiger partial charge in [0.15, 0.2) is 0 Å². The average Bonchev–Trinajstić information content (AvgIpc) is 2.53. The normalized spacial score (nSPS) is 11.7. The van der Waals surface area contributed by atoms with Gasteiger partial charge in [0.2, 0.25) is 9.84 Å². The zero-order valence-electron chi connectivity index (χ0n) is 11.5. The molecule has 0 amide bonds. The molecule has 2 rings (SSSR count). The largest absolute Gasteiger partial charge is 0.496 e. The highest BCUT2D eigenvalue weighted by Crippen LogP contribution is 2.27. The van der Waals surface area contributed by atoms with E-state index in [-0.39, 0.29) is 10.5 Å². The summed E-state index contributed by atoms with van der Waals surface area (Å²) in [4.78, 5) is 0.202. The Labute approximate surface area is 124 Å². The van der Waals surface area contributed by atoms with Gasteiger partial charge in [0, 0.05) is 11.1 Å². The lowest BCUT2D eigenvalue weighted by molar-refractivity contribution is 0.413. The van der Waals surface area contributed by atoms with E-state index >= 15 is 0 Å². The molecule has 106 valence electrons. The molecule has 0 N–H and O–H groups in total. The fraction of sp³-hybridized carbons (Fsp3) is 0.0588. The molecule has 0 aliphatic carbocycles. The van der Waals surface area contributed by atoms with Crippen molar-refractivity contribution in [3.63, 3.8) is 0 Å². The molecule has 0 aliphatic rings. The van der Waals surface area contributed by atoms with Gasteiger partial charge >= 0.3 is 0 Å². The molecule has 0 spiro atoms. The maximum atomic E-state index is 12.4. The van der Waals surface area contributed by atoms with Gasteiger partial charge in [-0.1, -0.05) is 36.3 Å². The van der Waals surface area contributed by atoms with Crippen molar-refractivity contribution in [1.82, 2.24) is 0 Å². The summed E-state index contributed by atoms with van der Waals surface area (Å²) < 4.78 is 29.9. The van der Waals surface area contributed by atoms with Gasteiger partial charge in [-0.2, -0.15) is 0 Å². The topological polar surface area (TPSA) is 43.4 Å². The highest BCUT2D eigenvalue weighted by Gasteiger charge is 2.14. The van der Waals surface area contributed by atoms with Crippen LogP contribution in [0.3, 0.4) is 0 Å². The SMILES string of the molecule is C#C/C(=C\S(=O)(=O)c1ccccc1)c1ccccc1OC. The minimum Gasteiger partial charge on any atom is -0.496 e. The van der Waals surface area contributed by atoms with Gasteiger partial charge in [0.25, 0.3) is 0 Å². The van der Waals surface area contributed by atoms with Crippen LogP contribution in [0.2, 0.25) is 0 Å². The Hall–Kier alpha value is -2.51. The van der Waals surface area contributed by atoms with Crippen molar-refractivity contribution in [3.8, 4) is 18.1 Å². The van der Waals surface area contributed by atoms with E-state index in [1.165, 1.54) is 19.2 Å². The standard InChI is InChI=1S/C17H14O3S/c1-3-14(16-11-7-8-12-17(16)20-2)13-21(18,19)15-9-5-4-6-10-15/h1,4-13H,2H3/b14-13+. The zero-order valence-corrected chi connectivity index (χ0v) is 12.3. The summed E-state index contributed by atoms with van der Waals surface area (Å²) in [5.74, 6) is 2.95. The van der Waals surface area contributed by atoms with Crippen LogP contribution in [0.1, 0.15) is 5.56 Å². The minimum absolute atomic E-state index is 0.202. The van der Waals surface area contributed by atoms with E-state index in [0.29, 0.717) is 11.3 Å². The van der Waals surface area contributed by atoms with Crippen molar-refractivity contribution in [2.24, 2.45) is 0 Å². The lowest BCUT2D eigenvalue weighted by Crippen LogP contribution is -1.98. The third-order valence-corrected chi connectivity index (χ3v) is 4.37. The molecule has 0 radical (unpaired) electrons. The van der Waals surface area contributed by atoms with Crippen LogP contribution in [-0.4, -0.2) is 15.5 Å². The molecular formula is C17H14O3S. The Morgan fingerprint density at radius 1 is 1.10 bits per heavy atom. The number of methoxy groups -OCH3 is 1. The van der Waals surface area contributed by atoms with E-state index in [9.17, 15) is 8.42 Å². The molecule has 0 aliphatic heterocycles. The fourth-order valence-electron chi connectivity index (χ4n) is 1.88. The van der Waals surface area contributed by atoms with Crippen molar-refractivity contribution in [3.05, 3.63) is 65.6 Å². The van der Waals surface area contributed by atoms with Crippen LogP contribution in [0.15, 0.2) is 64.9 Å². The number of hydrogen-bond donors (Lipinski definition) is 0. The van der Waals surface area contributed by atoms with Crippen molar-refractivity contribution >= 4 is 15.4 Å². The molecule has 0 aromatic heterocycles. The molecule has 21 heavy (non-hydrogen) atoms. The van der Waals surface area contributed by atoms with Crippen LogP contribution in [0.25, 0.3) is 5.57 Å². The van der Waals surface area contributed by atoms with Gasteiger partial charge < -0.3 is 4.74 Å². The molecule has 0 saturated carbocycles. The van der Waals surface area contributed by atoms with E-state index < -0.39 is 9.84 Å². The van der Waals surface area contributed by atoms with Gasteiger partial charge in [0.05, 0.1) is 17.4 Å². The molecule has 3 nitrogen and oxygen atoms in total. The summed E-state index contributed by atoms with van der Waals surface area (Å²) in [7, 11) is -2.09. The van der Waals surface area contributed by atoms with E-state index in [1.54, 1.807) is 42.5 Å². The summed E-state index contributed by atoms with van der Waals surface area (Å²) in [6.07, 6.45) is 5.48. The van der Waals surface area contributed by atoms with Gasteiger partial charge in [0.1, 0.15) is 5.75 Å². The second kappa shape index (κ2) is 6.29. The highest BCUT2D eigenvalue weighted by molar-refractivity contribution is 7.94. The van der Waals surface area contributed by atoms with Crippen LogP contribution in [0.5, 0.6) is 5.75 Å². The van der Waals surface area contributed by atoms with E-state index in [1.807, 2.05) is 0 Å². The summed E-state index contributed by atoms with van der Waals surface area (Å²) >= 11 is 0. The molecular weight excluding hydrogens is 284 g/mol. The van der Waals surface area contributed by atoms with Crippen LogP contribution in [-0.2, 0) is 9.84 Å². The molecule has 0 heterocycles. The van der Waals surface area contributed by atoms with Crippen molar-refractivity contribution in [2.75, 3.05) is 7.11 Å².